The number of nitrogens with one attached hydrogen (secondary N) is 2. The summed E-state index contributed by atoms with van der Waals surface area (Å²) in [5.41, 5.74) is 9.76. The van der Waals surface area contributed by atoms with E-state index in [1.807, 2.05) is 37.2 Å². The number of aryl methyl sites for hydroxylation is 1. The number of aromatic nitrogens is 2. The summed E-state index contributed by atoms with van der Waals surface area (Å²) in [6, 6.07) is 10.1. The quantitative estimate of drug-likeness (QED) is 0.464. The molecule has 0 saturated heterocycles. The molecule has 0 aliphatic heterocycles. The summed E-state index contributed by atoms with van der Waals surface area (Å²) >= 11 is 0. The molecule has 0 aliphatic rings. The highest BCUT2D eigenvalue weighted by atomic mass is 19.1. The Morgan fingerprint density at radius 1 is 1.19 bits per heavy atom. The molecule has 7 nitrogen and oxygen atoms in total. The highest BCUT2D eigenvalue weighted by Gasteiger charge is 2.12. The van der Waals surface area contributed by atoms with Crippen LogP contribution in [0.5, 0.6) is 5.75 Å². The lowest BCUT2D eigenvalue weighted by Crippen LogP contribution is -2.20. The van der Waals surface area contributed by atoms with Crippen LogP contribution in [0.3, 0.4) is 0 Å². The van der Waals surface area contributed by atoms with Gasteiger partial charge in [-0.25, -0.2) is 4.39 Å². The Morgan fingerprint density at radius 3 is 2.74 bits per heavy atom. The Labute approximate surface area is 181 Å². The molecule has 31 heavy (non-hydrogen) atoms. The van der Waals surface area contributed by atoms with E-state index in [-0.39, 0.29) is 18.1 Å². The first-order chi connectivity index (χ1) is 15.0. The molecule has 0 radical (unpaired) electrons. The Hall–Kier alpha value is -3.23. The van der Waals surface area contributed by atoms with E-state index in [0.29, 0.717) is 31.0 Å². The van der Waals surface area contributed by atoms with Gasteiger partial charge < -0.3 is 20.7 Å². The van der Waals surface area contributed by atoms with E-state index in [4.69, 9.17) is 10.5 Å². The van der Waals surface area contributed by atoms with Crippen LogP contribution < -0.4 is 15.8 Å². The molecule has 1 aromatic heterocycles. The molecule has 4 N–H and O–H groups in total. The van der Waals surface area contributed by atoms with Crippen molar-refractivity contribution in [2.24, 2.45) is 5.73 Å². The number of benzene rings is 2. The summed E-state index contributed by atoms with van der Waals surface area (Å²) in [6.07, 6.45) is 4.13. The van der Waals surface area contributed by atoms with Crippen molar-refractivity contribution in [3.63, 3.8) is 0 Å². The number of rotatable bonds is 10. The lowest BCUT2D eigenvalue weighted by Gasteiger charge is -2.16. The second-order valence-corrected chi connectivity index (χ2v) is 7.51. The maximum atomic E-state index is 13.6. The van der Waals surface area contributed by atoms with E-state index < -0.39 is 0 Å². The van der Waals surface area contributed by atoms with Crippen molar-refractivity contribution in [1.29, 1.82) is 0 Å². The average Bonchev–Trinajstić information content (AvgIpc) is 3.28. The van der Waals surface area contributed by atoms with Gasteiger partial charge in [0.1, 0.15) is 18.2 Å². The van der Waals surface area contributed by atoms with Crippen molar-refractivity contribution in [1.82, 2.24) is 15.1 Å². The number of H-pyrrole nitrogens is 1. The Morgan fingerprint density at radius 2 is 2.03 bits per heavy atom. The van der Waals surface area contributed by atoms with Gasteiger partial charge in [-0.2, -0.15) is 5.10 Å². The third-order valence-corrected chi connectivity index (χ3v) is 4.89. The largest absolute Gasteiger partial charge is 0.490 e. The molecule has 0 spiro atoms. The smallest absolute Gasteiger partial charge is 0.224 e. The molecular weight excluding hydrogens is 397 g/mol. The minimum atomic E-state index is -0.334. The van der Waals surface area contributed by atoms with Crippen molar-refractivity contribution in [3.05, 3.63) is 65.7 Å². The van der Waals surface area contributed by atoms with Crippen LogP contribution in [0.15, 0.2) is 48.8 Å². The van der Waals surface area contributed by atoms with Crippen LogP contribution >= 0.6 is 0 Å². The number of halogens is 1. The second-order valence-electron chi connectivity index (χ2n) is 7.51. The second kappa shape index (κ2) is 10.7. The fraction of sp³-hybridized carbons (Fsp3) is 0.304. The number of likely N-dealkylation sites (N-methyl/N-ethyl adjacent to an activating group) is 1. The SMILES string of the molecule is CN(C)CCOc1cc(-c2cn[nH]c2)ccc1NC(=O)CCc1cc(F)ccc1CN. The van der Waals surface area contributed by atoms with E-state index in [2.05, 4.69) is 15.5 Å². The molecule has 0 bridgehead atoms. The number of nitrogens with two attached hydrogens (primary N) is 1. The van der Waals surface area contributed by atoms with Crippen LogP contribution in [0.1, 0.15) is 17.5 Å². The van der Waals surface area contributed by atoms with E-state index in [1.165, 1.54) is 12.1 Å². The van der Waals surface area contributed by atoms with Gasteiger partial charge in [-0.15, -0.1) is 0 Å². The predicted octanol–water partition coefficient (Wildman–Crippen LogP) is 3.19. The van der Waals surface area contributed by atoms with Crippen LogP contribution in [0.25, 0.3) is 11.1 Å². The van der Waals surface area contributed by atoms with Crippen molar-refractivity contribution in [3.8, 4) is 16.9 Å². The Kier molecular flexibility index (Phi) is 7.75. The molecular formula is C23H28FN5O2. The summed E-state index contributed by atoms with van der Waals surface area (Å²) in [4.78, 5) is 14.6. The maximum Gasteiger partial charge on any atom is 0.224 e. The van der Waals surface area contributed by atoms with E-state index in [0.717, 1.165) is 28.8 Å². The highest BCUT2D eigenvalue weighted by Crippen LogP contribution is 2.31. The lowest BCUT2D eigenvalue weighted by atomic mass is 10.0. The number of carbonyl (C=O) groups is 1. The zero-order chi connectivity index (χ0) is 22.2. The first kappa shape index (κ1) is 22.5. The molecule has 0 fully saturated rings. The van der Waals surface area contributed by atoms with Gasteiger partial charge in [-0.3, -0.25) is 9.89 Å². The lowest BCUT2D eigenvalue weighted by molar-refractivity contribution is -0.116. The number of hydrogen-bond donors (Lipinski definition) is 3. The molecule has 3 aromatic rings. The highest BCUT2D eigenvalue weighted by molar-refractivity contribution is 5.93. The zero-order valence-electron chi connectivity index (χ0n) is 17.8. The van der Waals surface area contributed by atoms with Gasteiger partial charge in [-0.1, -0.05) is 12.1 Å². The molecule has 0 atom stereocenters. The summed E-state index contributed by atoms with van der Waals surface area (Å²) in [6.45, 7) is 1.52. The predicted molar refractivity (Wildman–Crippen MR) is 119 cm³/mol. The molecule has 164 valence electrons. The van der Waals surface area contributed by atoms with E-state index >= 15 is 0 Å². The van der Waals surface area contributed by atoms with Crippen LogP contribution in [-0.4, -0.2) is 48.3 Å². The van der Waals surface area contributed by atoms with Crippen molar-refractivity contribution in [2.75, 3.05) is 32.6 Å². The number of carbonyl (C=O) groups excluding carboxylic acids is 1. The van der Waals surface area contributed by atoms with Crippen LogP contribution in [0.4, 0.5) is 10.1 Å². The fourth-order valence-corrected chi connectivity index (χ4v) is 3.16. The molecule has 2 aromatic carbocycles. The zero-order valence-corrected chi connectivity index (χ0v) is 17.8. The standard InChI is InChI=1S/C23H28FN5O2/c1-29(2)9-10-31-22-12-17(19-14-26-27-15-19)4-7-21(22)28-23(30)8-5-16-11-20(24)6-3-18(16)13-25/h3-4,6-7,11-12,14-15H,5,8-10,13,25H2,1-2H3,(H,26,27)(H,28,30). The minimum absolute atomic E-state index is 0.180. The van der Waals surface area contributed by atoms with E-state index in [1.54, 1.807) is 18.5 Å². The number of amides is 1. The monoisotopic (exact) mass is 425 g/mol. The number of hydrogen-bond acceptors (Lipinski definition) is 5. The minimum Gasteiger partial charge on any atom is -0.490 e. The van der Waals surface area contributed by atoms with E-state index in [9.17, 15) is 9.18 Å². The number of anilines is 1. The number of ether oxygens (including phenoxy) is 1. The van der Waals surface area contributed by atoms with Gasteiger partial charge >= 0.3 is 0 Å². The molecule has 3 rings (SSSR count). The topological polar surface area (TPSA) is 96.3 Å². The van der Waals surface area contributed by atoms with Crippen molar-refractivity contribution < 1.29 is 13.9 Å². The van der Waals surface area contributed by atoms with Gasteiger partial charge in [0.25, 0.3) is 0 Å². The number of nitrogens with zero attached hydrogens (tertiary/aromatic N) is 2. The van der Waals surface area contributed by atoms with Crippen LogP contribution in [-0.2, 0) is 17.8 Å². The summed E-state index contributed by atoms with van der Waals surface area (Å²) in [7, 11) is 3.94. The molecule has 1 amide bonds. The van der Waals surface area contributed by atoms with Crippen molar-refractivity contribution in [2.45, 2.75) is 19.4 Å². The molecule has 0 saturated carbocycles. The van der Waals surface area contributed by atoms with Crippen LogP contribution in [0.2, 0.25) is 0 Å². The normalized spacial score (nSPS) is 11.0. The van der Waals surface area contributed by atoms with Gasteiger partial charge in [-0.05, 0) is 61.5 Å². The van der Waals surface area contributed by atoms with Crippen molar-refractivity contribution >= 4 is 11.6 Å². The molecule has 1 heterocycles. The average molecular weight is 426 g/mol. The molecule has 0 unspecified atom stereocenters. The first-order valence-electron chi connectivity index (χ1n) is 10.1. The third kappa shape index (κ3) is 6.37. The fourth-order valence-electron chi connectivity index (χ4n) is 3.16. The number of aromatic amines is 1. The van der Waals surface area contributed by atoms with Gasteiger partial charge in [0.2, 0.25) is 5.91 Å². The van der Waals surface area contributed by atoms with Gasteiger partial charge in [0.15, 0.2) is 0 Å². The summed E-state index contributed by atoms with van der Waals surface area (Å²) in [5, 5.41) is 9.69. The summed E-state index contributed by atoms with van der Waals surface area (Å²) < 4.78 is 19.5. The summed E-state index contributed by atoms with van der Waals surface area (Å²) in [5.74, 6) is 0.0714. The van der Waals surface area contributed by atoms with Crippen LogP contribution in [0, 0.1) is 5.82 Å². The first-order valence-corrected chi connectivity index (χ1v) is 10.1. The van der Waals surface area contributed by atoms with Gasteiger partial charge in [0, 0.05) is 31.3 Å². The van der Waals surface area contributed by atoms with Gasteiger partial charge in [0.05, 0.1) is 11.9 Å². The third-order valence-electron chi connectivity index (χ3n) is 4.89. The molecule has 0 aliphatic carbocycles. The Balaban J connectivity index is 1.71. The molecule has 8 heteroatoms. The Bertz CT molecular complexity index is 1010. The maximum absolute atomic E-state index is 13.6.